The van der Waals surface area contributed by atoms with Crippen molar-refractivity contribution in [1.29, 1.82) is 0 Å². The van der Waals surface area contributed by atoms with Gasteiger partial charge in [-0.3, -0.25) is 4.79 Å². The molecule has 0 saturated carbocycles. The molecule has 5 heteroatoms. The molecular formula is C21H22N4O. The lowest BCUT2D eigenvalue weighted by Gasteiger charge is -2.25. The lowest BCUT2D eigenvalue weighted by molar-refractivity contribution is -0.123. The first kappa shape index (κ1) is 16.5. The highest BCUT2D eigenvalue weighted by molar-refractivity contribution is 5.82. The molecule has 2 N–H and O–H groups in total. The van der Waals surface area contributed by atoms with Gasteiger partial charge >= 0.3 is 0 Å². The van der Waals surface area contributed by atoms with E-state index in [1.54, 1.807) is 0 Å². The summed E-state index contributed by atoms with van der Waals surface area (Å²) < 4.78 is 1.86. The highest BCUT2D eigenvalue weighted by Crippen LogP contribution is 2.16. The molecule has 0 spiro atoms. The molecule has 0 bridgehead atoms. The van der Waals surface area contributed by atoms with Gasteiger partial charge in [-0.15, -0.1) is 0 Å². The van der Waals surface area contributed by atoms with Crippen LogP contribution in [0.25, 0.3) is 5.69 Å². The first-order chi connectivity index (χ1) is 12.8. The Morgan fingerprint density at radius 3 is 2.73 bits per heavy atom. The first-order valence-corrected chi connectivity index (χ1v) is 8.96. The van der Waals surface area contributed by atoms with E-state index in [4.69, 9.17) is 0 Å². The molecule has 26 heavy (non-hydrogen) atoms. The van der Waals surface area contributed by atoms with Gasteiger partial charge in [0.1, 0.15) is 0 Å². The van der Waals surface area contributed by atoms with Crippen molar-refractivity contribution in [2.45, 2.75) is 25.4 Å². The number of carbonyl (C=O) groups excluding carboxylic acids is 1. The summed E-state index contributed by atoms with van der Waals surface area (Å²) in [6, 6.07) is 18.1. The fourth-order valence-electron chi connectivity index (χ4n) is 3.30. The molecule has 4 rings (SSSR count). The van der Waals surface area contributed by atoms with E-state index < -0.39 is 0 Å². The summed E-state index contributed by atoms with van der Waals surface area (Å²) in [6.45, 7) is 1.36. The van der Waals surface area contributed by atoms with Crippen molar-refractivity contribution >= 4 is 5.91 Å². The summed E-state index contributed by atoms with van der Waals surface area (Å²) in [6.07, 6.45) is 5.38. The van der Waals surface area contributed by atoms with Crippen LogP contribution in [0.2, 0.25) is 0 Å². The summed E-state index contributed by atoms with van der Waals surface area (Å²) in [5, 5.41) is 10.8. The summed E-state index contributed by atoms with van der Waals surface area (Å²) >= 11 is 0. The molecule has 2 heterocycles. The molecule has 1 aliphatic rings. The fourth-order valence-corrected chi connectivity index (χ4v) is 3.30. The van der Waals surface area contributed by atoms with Crippen LogP contribution in [-0.4, -0.2) is 28.3 Å². The number of amides is 1. The van der Waals surface area contributed by atoms with Gasteiger partial charge in [0.15, 0.2) is 0 Å². The maximum Gasteiger partial charge on any atom is 0.237 e. The van der Waals surface area contributed by atoms with Crippen molar-refractivity contribution < 1.29 is 4.79 Å². The molecule has 1 aliphatic heterocycles. The smallest absolute Gasteiger partial charge is 0.237 e. The van der Waals surface area contributed by atoms with Crippen molar-refractivity contribution in [3.63, 3.8) is 0 Å². The highest BCUT2D eigenvalue weighted by Gasteiger charge is 2.23. The van der Waals surface area contributed by atoms with Gasteiger partial charge in [0.05, 0.1) is 17.9 Å². The minimum atomic E-state index is -0.156. The zero-order valence-corrected chi connectivity index (χ0v) is 14.6. The van der Waals surface area contributed by atoms with E-state index in [1.807, 2.05) is 59.5 Å². The standard InChI is InChI=1S/C21H22N4O/c26-21(20-12-17-6-4-5-7-18(17)14-23-20)22-11-10-16-13-24-25(15-16)19-8-2-1-3-9-19/h1-9,13,15,20,23H,10-12,14H2,(H,22,26)/t20-/m1/s1. The average molecular weight is 346 g/mol. The summed E-state index contributed by atoms with van der Waals surface area (Å²) in [5.41, 5.74) is 4.68. The number of rotatable bonds is 5. The van der Waals surface area contributed by atoms with Gasteiger partial charge in [-0.1, -0.05) is 42.5 Å². The van der Waals surface area contributed by atoms with Crippen LogP contribution in [0.4, 0.5) is 0 Å². The first-order valence-electron chi connectivity index (χ1n) is 8.96. The van der Waals surface area contributed by atoms with Gasteiger partial charge in [-0.2, -0.15) is 5.10 Å². The van der Waals surface area contributed by atoms with Crippen molar-refractivity contribution in [1.82, 2.24) is 20.4 Å². The molecule has 0 unspecified atom stereocenters. The molecule has 5 nitrogen and oxygen atoms in total. The zero-order chi connectivity index (χ0) is 17.8. The van der Waals surface area contributed by atoms with Crippen molar-refractivity contribution in [2.24, 2.45) is 0 Å². The minimum absolute atomic E-state index is 0.0648. The third-order valence-electron chi connectivity index (χ3n) is 4.77. The molecule has 0 fully saturated rings. The summed E-state index contributed by atoms with van der Waals surface area (Å²) in [7, 11) is 0. The number of hydrogen-bond acceptors (Lipinski definition) is 3. The van der Waals surface area contributed by atoms with Crippen molar-refractivity contribution in [3.8, 4) is 5.69 Å². The van der Waals surface area contributed by atoms with Crippen LogP contribution in [0.5, 0.6) is 0 Å². The van der Waals surface area contributed by atoms with Crippen LogP contribution < -0.4 is 10.6 Å². The molecule has 0 saturated heterocycles. The van der Waals surface area contributed by atoms with E-state index >= 15 is 0 Å². The van der Waals surface area contributed by atoms with Crippen LogP contribution >= 0.6 is 0 Å². The molecule has 3 aromatic rings. The number of hydrogen-bond donors (Lipinski definition) is 2. The number of para-hydroxylation sites is 1. The van der Waals surface area contributed by atoms with Crippen LogP contribution in [-0.2, 0) is 24.2 Å². The molecule has 1 aromatic heterocycles. The quantitative estimate of drug-likeness (QED) is 0.745. The van der Waals surface area contributed by atoms with E-state index in [0.717, 1.165) is 30.6 Å². The monoisotopic (exact) mass is 346 g/mol. The number of carbonyl (C=O) groups is 1. The molecule has 0 radical (unpaired) electrons. The Hall–Kier alpha value is -2.92. The Labute approximate surface area is 153 Å². The summed E-state index contributed by atoms with van der Waals surface area (Å²) in [4.78, 5) is 12.4. The van der Waals surface area contributed by atoms with Gasteiger partial charge in [-0.25, -0.2) is 4.68 Å². The van der Waals surface area contributed by atoms with Crippen LogP contribution in [0.15, 0.2) is 67.0 Å². The van der Waals surface area contributed by atoms with E-state index in [2.05, 4.69) is 27.9 Å². The largest absolute Gasteiger partial charge is 0.354 e. The van der Waals surface area contributed by atoms with E-state index in [9.17, 15) is 4.79 Å². The van der Waals surface area contributed by atoms with Gasteiger partial charge in [-0.05, 0) is 41.7 Å². The van der Waals surface area contributed by atoms with Crippen molar-refractivity contribution in [3.05, 3.63) is 83.7 Å². The Morgan fingerprint density at radius 2 is 1.88 bits per heavy atom. The van der Waals surface area contributed by atoms with Gasteiger partial charge in [0.2, 0.25) is 5.91 Å². The fraction of sp³-hybridized carbons (Fsp3) is 0.238. The van der Waals surface area contributed by atoms with Crippen LogP contribution in [0.3, 0.4) is 0 Å². The van der Waals surface area contributed by atoms with E-state index in [1.165, 1.54) is 11.1 Å². The topological polar surface area (TPSA) is 59.0 Å². The minimum Gasteiger partial charge on any atom is -0.354 e. The maximum absolute atomic E-state index is 12.4. The van der Waals surface area contributed by atoms with Gasteiger partial charge in [0.25, 0.3) is 0 Å². The molecule has 132 valence electrons. The molecule has 1 atom stereocenters. The predicted molar refractivity (Wildman–Crippen MR) is 101 cm³/mol. The van der Waals surface area contributed by atoms with E-state index in [-0.39, 0.29) is 11.9 Å². The Morgan fingerprint density at radius 1 is 1.12 bits per heavy atom. The van der Waals surface area contributed by atoms with Crippen molar-refractivity contribution in [2.75, 3.05) is 6.54 Å². The number of benzene rings is 2. The number of fused-ring (bicyclic) bond motifs is 1. The molecule has 1 amide bonds. The van der Waals surface area contributed by atoms with Gasteiger partial charge < -0.3 is 10.6 Å². The van der Waals surface area contributed by atoms with Crippen LogP contribution in [0, 0.1) is 0 Å². The van der Waals surface area contributed by atoms with Crippen LogP contribution in [0.1, 0.15) is 16.7 Å². The third kappa shape index (κ3) is 3.68. The SMILES string of the molecule is O=C(NCCc1cnn(-c2ccccc2)c1)[C@H]1Cc2ccccc2CN1. The second kappa shape index (κ2) is 7.54. The highest BCUT2D eigenvalue weighted by atomic mass is 16.2. The zero-order valence-electron chi connectivity index (χ0n) is 14.6. The molecule has 0 aliphatic carbocycles. The maximum atomic E-state index is 12.4. The Bertz CT molecular complexity index is 888. The number of nitrogens with zero attached hydrogens (tertiary/aromatic N) is 2. The molecule has 2 aromatic carbocycles. The van der Waals surface area contributed by atoms with Gasteiger partial charge in [0, 0.05) is 19.3 Å². The summed E-state index contributed by atoms with van der Waals surface area (Å²) in [5.74, 6) is 0.0648. The van der Waals surface area contributed by atoms with E-state index in [0.29, 0.717) is 6.54 Å². The normalized spacial score (nSPS) is 16.1. The Kier molecular flexibility index (Phi) is 4.80. The predicted octanol–water partition coefficient (Wildman–Crippen LogP) is 2.25. The Balaban J connectivity index is 1.29. The second-order valence-corrected chi connectivity index (χ2v) is 6.58. The number of aromatic nitrogens is 2. The third-order valence-corrected chi connectivity index (χ3v) is 4.77. The second-order valence-electron chi connectivity index (χ2n) is 6.58. The lowest BCUT2D eigenvalue weighted by Crippen LogP contribution is -2.48. The average Bonchev–Trinajstić information content (AvgIpc) is 3.17. The molecular weight excluding hydrogens is 324 g/mol. The number of nitrogens with one attached hydrogen (secondary N) is 2. The lowest BCUT2D eigenvalue weighted by atomic mass is 9.95.